The van der Waals surface area contributed by atoms with E-state index in [1.54, 1.807) is 6.07 Å². The number of nitro benzene ring substituents is 1. The highest BCUT2D eigenvalue weighted by atomic mass is 32.2. The van der Waals surface area contributed by atoms with Crippen molar-refractivity contribution in [3.05, 3.63) is 64.0 Å². The summed E-state index contributed by atoms with van der Waals surface area (Å²) >= 11 is 0.943. The summed E-state index contributed by atoms with van der Waals surface area (Å²) in [5, 5.41) is 19.8. The fraction of sp³-hybridized carbons (Fsp3) is 0. The molecule has 7 heteroatoms. The molecule has 0 aliphatic heterocycles. The fourth-order valence-electron chi connectivity index (χ4n) is 1.54. The minimum absolute atomic E-state index is 0.0639. The van der Waals surface area contributed by atoms with Gasteiger partial charge in [0, 0.05) is 11.0 Å². The number of aromatic carboxylic acids is 1. The van der Waals surface area contributed by atoms with Crippen LogP contribution in [0.2, 0.25) is 0 Å². The maximum Gasteiger partial charge on any atom is 0.335 e. The van der Waals surface area contributed by atoms with E-state index in [9.17, 15) is 19.3 Å². The van der Waals surface area contributed by atoms with Crippen LogP contribution >= 0.6 is 11.8 Å². The molecule has 0 aliphatic rings. The smallest absolute Gasteiger partial charge is 0.335 e. The summed E-state index contributed by atoms with van der Waals surface area (Å²) in [5.41, 5.74) is -0.161. The molecule has 5 nitrogen and oxygen atoms in total. The Labute approximate surface area is 117 Å². The van der Waals surface area contributed by atoms with Crippen LogP contribution in [0.3, 0.4) is 0 Å². The van der Waals surface area contributed by atoms with Gasteiger partial charge in [-0.15, -0.1) is 0 Å². The number of carboxylic acids is 1. The predicted octanol–water partition coefficient (Wildman–Crippen LogP) is 3.58. The Morgan fingerprint density at radius 2 is 2.00 bits per heavy atom. The van der Waals surface area contributed by atoms with E-state index in [1.807, 2.05) is 0 Å². The standard InChI is InChI=1S/C13H8FNO4S/c14-9-4-5-11(15(18)19)12(7-9)20-10-3-1-2-8(6-10)13(16)17/h1-7H,(H,16,17). The molecule has 2 aromatic carbocycles. The lowest BCUT2D eigenvalue weighted by molar-refractivity contribution is -0.387. The van der Waals surface area contributed by atoms with Gasteiger partial charge >= 0.3 is 5.97 Å². The first-order chi connectivity index (χ1) is 9.47. The minimum atomic E-state index is -1.10. The molecule has 0 heterocycles. The number of carbonyl (C=O) groups is 1. The topological polar surface area (TPSA) is 80.4 Å². The normalized spacial score (nSPS) is 10.2. The Morgan fingerprint density at radius 1 is 1.25 bits per heavy atom. The van der Waals surface area contributed by atoms with Gasteiger partial charge in [-0.25, -0.2) is 9.18 Å². The maximum absolute atomic E-state index is 13.2. The second-order valence-corrected chi connectivity index (χ2v) is 4.92. The minimum Gasteiger partial charge on any atom is -0.478 e. The zero-order valence-electron chi connectivity index (χ0n) is 9.95. The van der Waals surface area contributed by atoms with Gasteiger partial charge in [-0.1, -0.05) is 17.8 Å². The first-order valence-corrected chi connectivity index (χ1v) is 6.24. The van der Waals surface area contributed by atoms with Gasteiger partial charge in [0.1, 0.15) is 5.82 Å². The maximum atomic E-state index is 13.2. The highest BCUT2D eigenvalue weighted by molar-refractivity contribution is 7.99. The van der Waals surface area contributed by atoms with Crippen LogP contribution < -0.4 is 0 Å². The van der Waals surface area contributed by atoms with E-state index in [-0.39, 0.29) is 16.1 Å². The van der Waals surface area contributed by atoms with Gasteiger partial charge in [-0.3, -0.25) is 10.1 Å². The molecule has 0 amide bonds. The van der Waals surface area contributed by atoms with E-state index in [2.05, 4.69) is 0 Å². The Hall–Kier alpha value is -2.41. The summed E-state index contributed by atoms with van der Waals surface area (Å²) in [6, 6.07) is 9.06. The van der Waals surface area contributed by atoms with E-state index in [1.165, 1.54) is 18.2 Å². The predicted molar refractivity (Wildman–Crippen MR) is 70.6 cm³/mol. The first-order valence-electron chi connectivity index (χ1n) is 5.42. The van der Waals surface area contributed by atoms with Crippen molar-refractivity contribution in [1.82, 2.24) is 0 Å². The van der Waals surface area contributed by atoms with Gasteiger partial charge in [0.2, 0.25) is 0 Å². The Balaban J connectivity index is 2.39. The molecule has 2 aromatic rings. The monoisotopic (exact) mass is 293 g/mol. The summed E-state index contributed by atoms with van der Waals surface area (Å²) < 4.78 is 13.2. The van der Waals surface area contributed by atoms with Crippen LogP contribution in [0.4, 0.5) is 10.1 Å². The average Bonchev–Trinajstić information content (AvgIpc) is 2.38. The zero-order chi connectivity index (χ0) is 14.7. The van der Waals surface area contributed by atoms with Gasteiger partial charge in [-0.2, -0.15) is 0 Å². The summed E-state index contributed by atoms with van der Waals surface area (Å²) in [4.78, 5) is 21.7. The van der Waals surface area contributed by atoms with Crippen LogP contribution in [0.5, 0.6) is 0 Å². The second-order valence-electron chi connectivity index (χ2n) is 3.80. The largest absolute Gasteiger partial charge is 0.478 e. The Bertz CT molecular complexity index is 690. The van der Waals surface area contributed by atoms with Gasteiger partial charge in [0.15, 0.2) is 0 Å². The summed E-state index contributed by atoms with van der Waals surface area (Å²) in [6.45, 7) is 0. The summed E-state index contributed by atoms with van der Waals surface area (Å²) in [7, 11) is 0. The van der Waals surface area contributed by atoms with Gasteiger partial charge in [0.05, 0.1) is 15.4 Å². The second kappa shape index (κ2) is 5.70. The SMILES string of the molecule is O=C(O)c1cccc(Sc2cc(F)ccc2[N+](=O)[O-])c1. The molecule has 0 unspecified atom stereocenters. The van der Waals surface area contributed by atoms with Crippen molar-refractivity contribution in [3.63, 3.8) is 0 Å². The van der Waals surface area contributed by atoms with Crippen molar-refractivity contribution in [1.29, 1.82) is 0 Å². The third-order valence-corrected chi connectivity index (χ3v) is 3.46. The van der Waals surface area contributed by atoms with E-state index in [4.69, 9.17) is 5.11 Å². The van der Waals surface area contributed by atoms with Crippen LogP contribution in [-0.4, -0.2) is 16.0 Å². The number of nitro groups is 1. The summed E-state index contributed by atoms with van der Waals surface area (Å²) in [6.07, 6.45) is 0. The average molecular weight is 293 g/mol. The quantitative estimate of drug-likeness (QED) is 0.688. The van der Waals surface area contributed by atoms with E-state index in [0.29, 0.717) is 4.90 Å². The molecule has 0 saturated carbocycles. The van der Waals surface area contributed by atoms with Crippen molar-refractivity contribution in [2.75, 3.05) is 0 Å². The highest BCUT2D eigenvalue weighted by Gasteiger charge is 2.16. The van der Waals surface area contributed by atoms with Gasteiger partial charge < -0.3 is 5.11 Å². The first kappa shape index (κ1) is 14.0. The third-order valence-electron chi connectivity index (χ3n) is 2.43. The number of rotatable bonds is 4. The molecule has 0 spiro atoms. The molecule has 0 bridgehead atoms. The molecule has 0 saturated heterocycles. The molecule has 0 atom stereocenters. The van der Waals surface area contributed by atoms with Crippen molar-refractivity contribution >= 4 is 23.4 Å². The third kappa shape index (κ3) is 3.12. The number of carboxylic acid groups (broad SMARTS) is 1. The van der Waals surface area contributed by atoms with Crippen molar-refractivity contribution in [2.24, 2.45) is 0 Å². The van der Waals surface area contributed by atoms with Crippen molar-refractivity contribution in [3.8, 4) is 0 Å². The Morgan fingerprint density at radius 3 is 2.65 bits per heavy atom. The molecule has 102 valence electrons. The lowest BCUT2D eigenvalue weighted by Gasteiger charge is -2.04. The number of hydrogen-bond donors (Lipinski definition) is 1. The molecule has 2 rings (SSSR count). The van der Waals surface area contributed by atoms with Crippen molar-refractivity contribution in [2.45, 2.75) is 9.79 Å². The molecular weight excluding hydrogens is 285 g/mol. The van der Waals surface area contributed by atoms with E-state index in [0.717, 1.165) is 30.0 Å². The van der Waals surface area contributed by atoms with E-state index < -0.39 is 16.7 Å². The Kier molecular flexibility index (Phi) is 3.99. The number of nitrogens with zero attached hydrogens (tertiary/aromatic N) is 1. The zero-order valence-corrected chi connectivity index (χ0v) is 10.8. The van der Waals surface area contributed by atoms with E-state index >= 15 is 0 Å². The molecule has 0 aliphatic carbocycles. The molecular formula is C13H8FNO4S. The van der Waals surface area contributed by atoms with Crippen LogP contribution in [-0.2, 0) is 0 Å². The molecule has 20 heavy (non-hydrogen) atoms. The highest BCUT2D eigenvalue weighted by Crippen LogP contribution is 2.35. The fourth-order valence-corrected chi connectivity index (χ4v) is 2.55. The summed E-state index contributed by atoms with van der Waals surface area (Å²) in [5.74, 6) is -1.69. The van der Waals surface area contributed by atoms with Crippen LogP contribution in [0, 0.1) is 15.9 Å². The van der Waals surface area contributed by atoms with Crippen LogP contribution in [0.15, 0.2) is 52.3 Å². The van der Waals surface area contributed by atoms with Gasteiger partial charge in [-0.05, 0) is 30.3 Å². The van der Waals surface area contributed by atoms with Crippen LogP contribution in [0.1, 0.15) is 10.4 Å². The number of hydrogen-bond acceptors (Lipinski definition) is 4. The molecule has 0 fully saturated rings. The molecule has 0 radical (unpaired) electrons. The van der Waals surface area contributed by atoms with Crippen molar-refractivity contribution < 1.29 is 19.2 Å². The molecule has 1 N–H and O–H groups in total. The van der Waals surface area contributed by atoms with Crippen LogP contribution in [0.25, 0.3) is 0 Å². The molecule has 0 aromatic heterocycles. The number of benzene rings is 2. The number of halogens is 1. The lowest BCUT2D eigenvalue weighted by Crippen LogP contribution is -1.95. The lowest BCUT2D eigenvalue weighted by atomic mass is 10.2. The van der Waals surface area contributed by atoms with Gasteiger partial charge in [0.25, 0.3) is 5.69 Å².